The van der Waals surface area contributed by atoms with E-state index in [9.17, 15) is 4.79 Å². The second kappa shape index (κ2) is 10.2. The van der Waals surface area contributed by atoms with E-state index >= 15 is 0 Å². The Bertz CT molecular complexity index is 1150. The molecule has 0 spiro atoms. The molecule has 2 aromatic heterocycles. The fraction of sp³-hybridized carbons (Fsp3) is 0.200. The highest BCUT2D eigenvalue weighted by molar-refractivity contribution is 8.00. The molecule has 1 atom stereocenters. The number of aromatic nitrogens is 4. The van der Waals surface area contributed by atoms with Gasteiger partial charge in [0, 0.05) is 31.5 Å². The quantitative estimate of drug-likeness (QED) is 0.375. The van der Waals surface area contributed by atoms with E-state index in [1.54, 1.807) is 17.3 Å². The average molecular weight is 444 g/mol. The first-order valence-electron chi connectivity index (χ1n) is 10.4. The largest absolute Gasteiger partial charge is 0.340 e. The molecule has 6 nitrogen and oxygen atoms in total. The summed E-state index contributed by atoms with van der Waals surface area (Å²) >= 11 is 1.43. The summed E-state index contributed by atoms with van der Waals surface area (Å²) in [7, 11) is 1.84. The first kappa shape index (κ1) is 21.8. The van der Waals surface area contributed by atoms with Crippen LogP contribution in [0, 0.1) is 0 Å². The van der Waals surface area contributed by atoms with Crippen LogP contribution < -0.4 is 0 Å². The standard InChI is InChI=1S/C25H25N5OS/c1-19(24(31)29(2)17-20-10-5-3-6-11-20)32-25-28-27-23(22-14-9-15-26-16-22)30(25)18-21-12-7-4-8-13-21/h3-16,19H,17-18H2,1-2H3. The van der Waals surface area contributed by atoms with Crippen LogP contribution in [-0.4, -0.2) is 42.9 Å². The molecule has 0 aliphatic heterocycles. The third-order valence-electron chi connectivity index (χ3n) is 5.09. The summed E-state index contributed by atoms with van der Waals surface area (Å²) in [5.41, 5.74) is 3.13. The zero-order chi connectivity index (χ0) is 22.3. The van der Waals surface area contributed by atoms with Crippen LogP contribution in [0.3, 0.4) is 0 Å². The van der Waals surface area contributed by atoms with Crippen molar-refractivity contribution in [3.63, 3.8) is 0 Å². The zero-order valence-electron chi connectivity index (χ0n) is 18.1. The SMILES string of the molecule is CC(Sc1nnc(-c2cccnc2)n1Cc1ccccc1)C(=O)N(C)Cc1ccccc1. The molecule has 4 aromatic rings. The lowest BCUT2D eigenvalue weighted by Crippen LogP contribution is -2.33. The first-order chi connectivity index (χ1) is 15.6. The van der Waals surface area contributed by atoms with Gasteiger partial charge < -0.3 is 4.90 Å². The van der Waals surface area contributed by atoms with Gasteiger partial charge >= 0.3 is 0 Å². The van der Waals surface area contributed by atoms with Crippen LogP contribution >= 0.6 is 11.8 Å². The molecular formula is C25H25N5OS. The lowest BCUT2D eigenvalue weighted by molar-refractivity contribution is -0.129. The molecule has 7 heteroatoms. The number of thioether (sulfide) groups is 1. The van der Waals surface area contributed by atoms with E-state index in [2.05, 4.69) is 31.9 Å². The summed E-state index contributed by atoms with van der Waals surface area (Å²) in [5.74, 6) is 0.790. The van der Waals surface area contributed by atoms with Gasteiger partial charge in [-0.15, -0.1) is 10.2 Å². The van der Waals surface area contributed by atoms with Crippen LogP contribution in [0.4, 0.5) is 0 Å². The van der Waals surface area contributed by atoms with Gasteiger partial charge in [0.1, 0.15) is 0 Å². The van der Waals surface area contributed by atoms with Crippen molar-refractivity contribution in [2.24, 2.45) is 0 Å². The second-order valence-electron chi connectivity index (χ2n) is 7.56. The van der Waals surface area contributed by atoms with Gasteiger partial charge in [-0.1, -0.05) is 72.4 Å². The average Bonchev–Trinajstić information content (AvgIpc) is 3.22. The lowest BCUT2D eigenvalue weighted by atomic mass is 10.2. The summed E-state index contributed by atoms with van der Waals surface area (Å²) in [6.45, 7) is 3.10. The van der Waals surface area contributed by atoms with Crippen molar-refractivity contribution in [3.8, 4) is 11.4 Å². The van der Waals surface area contributed by atoms with E-state index < -0.39 is 0 Å². The molecular weight excluding hydrogens is 418 g/mol. The molecule has 0 fully saturated rings. The van der Waals surface area contributed by atoms with Gasteiger partial charge in [-0.2, -0.15) is 0 Å². The van der Waals surface area contributed by atoms with E-state index in [0.717, 1.165) is 22.5 Å². The molecule has 0 aliphatic carbocycles. The minimum absolute atomic E-state index is 0.0519. The molecule has 0 saturated carbocycles. The van der Waals surface area contributed by atoms with Gasteiger partial charge in [-0.05, 0) is 30.2 Å². The van der Waals surface area contributed by atoms with Gasteiger partial charge in [0.25, 0.3) is 0 Å². The second-order valence-corrected chi connectivity index (χ2v) is 8.87. The van der Waals surface area contributed by atoms with Crippen molar-refractivity contribution in [1.82, 2.24) is 24.6 Å². The Morgan fingerprint density at radius 1 is 0.969 bits per heavy atom. The highest BCUT2D eigenvalue weighted by Crippen LogP contribution is 2.28. The van der Waals surface area contributed by atoms with Gasteiger partial charge in [-0.25, -0.2) is 0 Å². The maximum atomic E-state index is 13.0. The Kier molecular flexibility index (Phi) is 6.97. The van der Waals surface area contributed by atoms with Crippen LogP contribution in [0.5, 0.6) is 0 Å². The third-order valence-corrected chi connectivity index (χ3v) is 6.16. The molecule has 2 heterocycles. The number of hydrogen-bond donors (Lipinski definition) is 0. The number of benzene rings is 2. The highest BCUT2D eigenvalue weighted by Gasteiger charge is 2.23. The molecule has 0 radical (unpaired) electrons. The van der Waals surface area contributed by atoms with Crippen LogP contribution in [0.1, 0.15) is 18.1 Å². The van der Waals surface area contributed by atoms with Crippen LogP contribution in [-0.2, 0) is 17.9 Å². The first-order valence-corrected chi connectivity index (χ1v) is 11.3. The molecule has 162 valence electrons. The Labute approximate surface area is 192 Å². The van der Waals surface area contributed by atoms with E-state index in [4.69, 9.17) is 0 Å². The third kappa shape index (κ3) is 5.23. The Hall–Kier alpha value is -3.45. The number of rotatable bonds is 8. The van der Waals surface area contributed by atoms with E-state index in [-0.39, 0.29) is 11.2 Å². The molecule has 32 heavy (non-hydrogen) atoms. The fourth-order valence-corrected chi connectivity index (χ4v) is 4.41. The van der Waals surface area contributed by atoms with Crippen molar-refractivity contribution in [3.05, 3.63) is 96.3 Å². The van der Waals surface area contributed by atoms with Gasteiger partial charge in [0.2, 0.25) is 5.91 Å². The maximum absolute atomic E-state index is 13.0. The van der Waals surface area contributed by atoms with E-state index in [1.165, 1.54) is 11.8 Å². The smallest absolute Gasteiger partial charge is 0.235 e. The summed E-state index contributed by atoms with van der Waals surface area (Å²) < 4.78 is 2.05. The van der Waals surface area contributed by atoms with Crippen LogP contribution in [0.25, 0.3) is 11.4 Å². The number of carbonyl (C=O) groups excluding carboxylic acids is 1. The predicted molar refractivity (Wildman–Crippen MR) is 127 cm³/mol. The Balaban J connectivity index is 1.56. The van der Waals surface area contributed by atoms with Crippen molar-refractivity contribution in [1.29, 1.82) is 0 Å². The predicted octanol–water partition coefficient (Wildman–Crippen LogP) is 4.53. The zero-order valence-corrected chi connectivity index (χ0v) is 18.9. The molecule has 0 N–H and O–H groups in total. The summed E-state index contributed by atoms with van der Waals surface area (Å²) in [4.78, 5) is 19.0. The molecule has 0 bridgehead atoms. The van der Waals surface area contributed by atoms with Crippen molar-refractivity contribution >= 4 is 17.7 Å². The number of carbonyl (C=O) groups is 1. The van der Waals surface area contributed by atoms with Crippen LogP contribution in [0.15, 0.2) is 90.3 Å². The topological polar surface area (TPSA) is 63.9 Å². The normalized spacial score (nSPS) is 11.8. The monoisotopic (exact) mass is 443 g/mol. The molecule has 1 unspecified atom stereocenters. The minimum atomic E-state index is -0.302. The Morgan fingerprint density at radius 3 is 2.31 bits per heavy atom. The van der Waals surface area contributed by atoms with Gasteiger partial charge in [0.05, 0.1) is 11.8 Å². The maximum Gasteiger partial charge on any atom is 0.235 e. The highest BCUT2D eigenvalue weighted by atomic mass is 32.2. The van der Waals surface area contributed by atoms with E-state index in [1.807, 2.05) is 74.6 Å². The molecule has 1 amide bonds. The van der Waals surface area contributed by atoms with Gasteiger partial charge in [0.15, 0.2) is 11.0 Å². The number of amides is 1. The molecule has 4 rings (SSSR count). The molecule has 2 aromatic carbocycles. The number of pyridine rings is 1. The Morgan fingerprint density at radius 2 is 1.66 bits per heavy atom. The van der Waals surface area contributed by atoms with Gasteiger partial charge in [-0.3, -0.25) is 14.3 Å². The van der Waals surface area contributed by atoms with Crippen molar-refractivity contribution in [2.45, 2.75) is 30.4 Å². The van der Waals surface area contributed by atoms with E-state index in [0.29, 0.717) is 18.2 Å². The summed E-state index contributed by atoms with van der Waals surface area (Å²) in [6, 6.07) is 24.0. The summed E-state index contributed by atoms with van der Waals surface area (Å²) in [6.07, 6.45) is 3.52. The number of nitrogens with zero attached hydrogens (tertiary/aromatic N) is 5. The lowest BCUT2D eigenvalue weighted by Gasteiger charge is -2.21. The molecule has 0 aliphatic rings. The fourth-order valence-electron chi connectivity index (χ4n) is 3.45. The van der Waals surface area contributed by atoms with Crippen molar-refractivity contribution in [2.75, 3.05) is 7.05 Å². The number of hydrogen-bond acceptors (Lipinski definition) is 5. The van der Waals surface area contributed by atoms with Crippen molar-refractivity contribution < 1.29 is 4.79 Å². The molecule has 0 saturated heterocycles. The minimum Gasteiger partial charge on any atom is -0.340 e. The van der Waals surface area contributed by atoms with Crippen LogP contribution in [0.2, 0.25) is 0 Å². The summed E-state index contributed by atoms with van der Waals surface area (Å²) in [5, 5.41) is 9.27.